The number of amides is 2. The maximum absolute atomic E-state index is 11.4. The van der Waals surface area contributed by atoms with Gasteiger partial charge in [-0.15, -0.1) is 0 Å². The lowest BCUT2D eigenvalue weighted by Gasteiger charge is -2.21. The summed E-state index contributed by atoms with van der Waals surface area (Å²) < 4.78 is 0. The Kier molecular flexibility index (Phi) is 8.63. The second-order valence-electron chi connectivity index (χ2n) is 6.14. The summed E-state index contributed by atoms with van der Waals surface area (Å²) in [6, 6.07) is 5.45. The molecule has 0 unspecified atom stereocenters. The standard InChI is InChI=1S/C16H20N2O2.C3H8/c1-6-14(19)17-12-8-11(16(3,4)5)9-13(10-12)18-15(20)7-2;1-3-2/h6-10H,1-2H2,3-5H3,(H,17,19)(H,18,20);3H2,1-2H3. The summed E-state index contributed by atoms with van der Waals surface area (Å²) in [5.41, 5.74) is 2.12. The quantitative estimate of drug-likeness (QED) is 0.794. The zero-order valence-electron chi connectivity index (χ0n) is 14.8. The molecule has 2 N–H and O–H groups in total. The van der Waals surface area contributed by atoms with Crippen molar-refractivity contribution in [2.24, 2.45) is 0 Å². The van der Waals surface area contributed by atoms with Gasteiger partial charge < -0.3 is 10.6 Å². The molecule has 0 radical (unpaired) electrons. The number of benzene rings is 1. The Bertz CT molecular complexity index is 529. The van der Waals surface area contributed by atoms with Crippen LogP contribution in [0.25, 0.3) is 0 Å². The summed E-state index contributed by atoms with van der Waals surface area (Å²) in [6.45, 7) is 17.3. The van der Waals surface area contributed by atoms with E-state index in [1.807, 2.05) is 12.1 Å². The number of hydrogen-bond acceptors (Lipinski definition) is 2. The SMILES string of the molecule is C=CC(=O)Nc1cc(NC(=O)C=C)cc(C(C)(C)C)c1.CCC. The first-order valence-electron chi connectivity index (χ1n) is 7.70. The summed E-state index contributed by atoms with van der Waals surface area (Å²) in [5, 5.41) is 5.40. The van der Waals surface area contributed by atoms with Crippen molar-refractivity contribution in [2.75, 3.05) is 10.6 Å². The fourth-order valence-corrected chi connectivity index (χ4v) is 1.59. The maximum Gasteiger partial charge on any atom is 0.247 e. The van der Waals surface area contributed by atoms with Crippen LogP contribution in [-0.4, -0.2) is 11.8 Å². The summed E-state index contributed by atoms with van der Waals surface area (Å²) in [6.07, 6.45) is 3.65. The number of carbonyl (C=O) groups excluding carboxylic acids is 2. The molecule has 1 aromatic carbocycles. The van der Waals surface area contributed by atoms with Crippen LogP contribution in [0, 0.1) is 0 Å². The minimum Gasteiger partial charge on any atom is -0.322 e. The van der Waals surface area contributed by atoms with Crippen molar-refractivity contribution in [1.82, 2.24) is 0 Å². The molecular weight excluding hydrogens is 288 g/mol. The van der Waals surface area contributed by atoms with Crippen LogP contribution in [0.3, 0.4) is 0 Å². The van der Waals surface area contributed by atoms with Crippen LogP contribution >= 0.6 is 0 Å². The number of nitrogens with one attached hydrogen (secondary N) is 2. The fraction of sp³-hybridized carbons (Fsp3) is 0.368. The molecule has 23 heavy (non-hydrogen) atoms. The van der Waals surface area contributed by atoms with Gasteiger partial charge in [0.15, 0.2) is 0 Å². The third-order valence-corrected chi connectivity index (χ3v) is 2.70. The van der Waals surface area contributed by atoms with E-state index in [0.29, 0.717) is 11.4 Å². The first-order valence-corrected chi connectivity index (χ1v) is 7.70. The molecule has 1 aromatic rings. The number of anilines is 2. The number of hydrogen-bond donors (Lipinski definition) is 2. The summed E-state index contributed by atoms with van der Waals surface area (Å²) >= 11 is 0. The van der Waals surface area contributed by atoms with Crippen LogP contribution < -0.4 is 10.6 Å². The Morgan fingerprint density at radius 1 is 0.957 bits per heavy atom. The van der Waals surface area contributed by atoms with Crippen LogP contribution in [0.5, 0.6) is 0 Å². The minimum atomic E-state index is -0.294. The van der Waals surface area contributed by atoms with E-state index in [4.69, 9.17) is 0 Å². The topological polar surface area (TPSA) is 58.2 Å². The van der Waals surface area contributed by atoms with Gasteiger partial charge in [-0.05, 0) is 41.3 Å². The monoisotopic (exact) mass is 316 g/mol. The Hall–Kier alpha value is -2.36. The normalized spacial score (nSPS) is 9.96. The largest absolute Gasteiger partial charge is 0.322 e. The molecule has 4 heteroatoms. The van der Waals surface area contributed by atoms with Crippen molar-refractivity contribution >= 4 is 23.2 Å². The van der Waals surface area contributed by atoms with Crippen molar-refractivity contribution in [3.8, 4) is 0 Å². The highest BCUT2D eigenvalue weighted by atomic mass is 16.2. The molecule has 1 rings (SSSR count). The zero-order chi connectivity index (χ0) is 18.0. The van der Waals surface area contributed by atoms with Gasteiger partial charge in [0, 0.05) is 11.4 Å². The van der Waals surface area contributed by atoms with Gasteiger partial charge in [-0.2, -0.15) is 0 Å². The second-order valence-corrected chi connectivity index (χ2v) is 6.14. The van der Waals surface area contributed by atoms with E-state index in [1.165, 1.54) is 18.6 Å². The first kappa shape index (κ1) is 20.6. The summed E-state index contributed by atoms with van der Waals surface area (Å²) in [7, 11) is 0. The van der Waals surface area contributed by atoms with E-state index in [1.54, 1.807) is 6.07 Å². The molecule has 0 atom stereocenters. The maximum atomic E-state index is 11.4. The molecule has 0 heterocycles. The highest BCUT2D eigenvalue weighted by molar-refractivity contribution is 6.01. The van der Waals surface area contributed by atoms with E-state index < -0.39 is 0 Å². The molecule has 0 aliphatic carbocycles. The average Bonchev–Trinajstić information content (AvgIpc) is 2.46. The van der Waals surface area contributed by atoms with Gasteiger partial charge in [-0.25, -0.2) is 0 Å². The van der Waals surface area contributed by atoms with Crippen molar-refractivity contribution in [2.45, 2.75) is 46.5 Å². The predicted molar refractivity (Wildman–Crippen MR) is 98.8 cm³/mol. The van der Waals surface area contributed by atoms with Gasteiger partial charge in [0.05, 0.1) is 0 Å². The minimum absolute atomic E-state index is 0.109. The van der Waals surface area contributed by atoms with Gasteiger partial charge in [-0.1, -0.05) is 54.2 Å². The summed E-state index contributed by atoms with van der Waals surface area (Å²) in [5.74, 6) is -0.589. The van der Waals surface area contributed by atoms with Crippen LogP contribution in [0.4, 0.5) is 11.4 Å². The number of carbonyl (C=O) groups is 2. The molecule has 0 bridgehead atoms. The van der Waals surface area contributed by atoms with E-state index in [9.17, 15) is 9.59 Å². The van der Waals surface area contributed by atoms with Crippen molar-refractivity contribution in [1.29, 1.82) is 0 Å². The van der Waals surface area contributed by atoms with Gasteiger partial charge in [0.25, 0.3) is 0 Å². The third-order valence-electron chi connectivity index (χ3n) is 2.70. The molecule has 0 aromatic heterocycles. The highest BCUT2D eigenvalue weighted by Gasteiger charge is 2.16. The Labute approximate surface area is 139 Å². The second kappa shape index (κ2) is 9.62. The number of rotatable bonds is 4. The van der Waals surface area contributed by atoms with Crippen LogP contribution in [0.15, 0.2) is 43.5 Å². The van der Waals surface area contributed by atoms with Crippen molar-refractivity contribution in [3.63, 3.8) is 0 Å². The van der Waals surface area contributed by atoms with Crippen LogP contribution in [0.1, 0.15) is 46.6 Å². The van der Waals surface area contributed by atoms with Gasteiger partial charge >= 0.3 is 0 Å². The van der Waals surface area contributed by atoms with Gasteiger partial charge in [0.2, 0.25) is 11.8 Å². The van der Waals surface area contributed by atoms with Gasteiger partial charge in [-0.3, -0.25) is 9.59 Å². The van der Waals surface area contributed by atoms with Crippen LogP contribution in [0.2, 0.25) is 0 Å². The molecule has 0 fully saturated rings. The molecule has 4 nitrogen and oxygen atoms in total. The van der Waals surface area contributed by atoms with E-state index in [-0.39, 0.29) is 17.2 Å². The van der Waals surface area contributed by atoms with E-state index >= 15 is 0 Å². The average molecular weight is 316 g/mol. The summed E-state index contributed by atoms with van der Waals surface area (Å²) in [4.78, 5) is 22.8. The Morgan fingerprint density at radius 3 is 1.57 bits per heavy atom. The molecular formula is C19H28N2O2. The Morgan fingerprint density at radius 2 is 1.30 bits per heavy atom. The fourth-order valence-electron chi connectivity index (χ4n) is 1.59. The molecule has 0 spiro atoms. The highest BCUT2D eigenvalue weighted by Crippen LogP contribution is 2.28. The molecule has 0 aliphatic rings. The lowest BCUT2D eigenvalue weighted by atomic mass is 9.86. The predicted octanol–water partition coefficient (Wildman–Crippen LogP) is 4.65. The third kappa shape index (κ3) is 8.00. The van der Waals surface area contributed by atoms with E-state index in [2.05, 4.69) is 58.4 Å². The van der Waals surface area contributed by atoms with Crippen molar-refractivity contribution < 1.29 is 9.59 Å². The molecule has 2 amide bonds. The lowest BCUT2D eigenvalue weighted by molar-refractivity contribution is -0.112. The van der Waals surface area contributed by atoms with Gasteiger partial charge in [0.1, 0.15) is 0 Å². The Balaban J connectivity index is 0.00000149. The van der Waals surface area contributed by atoms with Crippen LogP contribution in [-0.2, 0) is 15.0 Å². The lowest BCUT2D eigenvalue weighted by Crippen LogP contribution is -2.15. The van der Waals surface area contributed by atoms with E-state index in [0.717, 1.165) is 5.56 Å². The first-order chi connectivity index (χ1) is 10.7. The molecule has 0 saturated heterocycles. The zero-order valence-corrected chi connectivity index (χ0v) is 14.8. The molecule has 0 saturated carbocycles. The molecule has 126 valence electrons. The molecule has 0 aliphatic heterocycles. The smallest absolute Gasteiger partial charge is 0.247 e. The van der Waals surface area contributed by atoms with Crippen molar-refractivity contribution in [3.05, 3.63) is 49.1 Å².